The maximum atomic E-state index is 12.4. The molecule has 2 N–H and O–H groups in total. The minimum atomic E-state index is -1.01. The number of carboxylic acids is 1. The van der Waals surface area contributed by atoms with Crippen LogP contribution in [-0.4, -0.2) is 22.0 Å². The van der Waals surface area contributed by atoms with E-state index in [9.17, 15) is 9.59 Å². The molecule has 0 aliphatic rings. The van der Waals surface area contributed by atoms with Crippen molar-refractivity contribution in [1.29, 1.82) is 0 Å². The number of amides is 1. The lowest BCUT2D eigenvalue weighted by Gasteiger charge is -2.09. The van der Waals surface area contributed by atoms with E-state index in [2.05, 4.69) is 10.3 Å². The van der Waals surface area contributed by atoms with Crippen LogP contribution in [0.5, 0.6) is 0 Å². The van der Waals surface area contributed by atoms with Gasteiger partial charge in [0.25, 0.3) is 5.91 Å². The number of rotatable bonds is 4. The zero-order valence-electron chi connectivity index (χ0n) is 14.3. The van der Waals surface area contributed by atoms with Gasteiger partial charge in [-0.3, -0.25) is 4.79 Å². The first-order chi connectivity index (χ1) is 11.8. The Morgan fingerprint density at radius 3 is 2.52 bits per heavy atom. The van der Waals surface area contributed by atoms with Gasteiger partial charge in [-0.2, -0.15) is 0 Å². The quantitative estimate of drug-likeness (QED) is 0.735. The zero-order chi connectivity index (χ0) is 18.3. The predicted octanol–water partition coefficient (Wildman–Crippen LogP) is 4.00. The van der Waals surface area contributed by atoms with Crippen molar-refractivity contribution in [3.8, 4) is 0 Å². The van der Waals surface area contributed by atoms with E-state index in [0.717, 1.165) is 27.8 Å². The molecule has 1 amide bonds. The van der Waals surface area contributed by atoms with E-state index < -0.39 is 12.0 Å². The summed E-state index contributed by atoms with van der Waals surface area (Å²) in [6, 6.07) is 5.19. The third-order valence-corrected chi connectivity index (χ3v) is 5.41. The molecular formula is C18H18N2O4S. The number of carboxylic acid groups (broad SMARTS) is 1. The molecule has 130 valence electrons. The molecule has 3 rings (SSSR count). The number of fused-ring (bicyclic) bond motifs is 1. The van der Waals surface area contributed by atoms with Gasteiger partial charge in [0, 0.05) is 5.39 Å². The summed E-state index contributed by atoms with van der Waals surface area (Å²) in [4.78, 5) is 28.0. The van der Waals surface area contributed by atoms with Crippen molar-refractivity contribution in [2.75, 3.05) is 0 Å². The predicted molar refractivity (Wildman–Crippen MR) is 95.4 cm³/mol. The molecular weight excluding hydrogens is 340 g/mol. The number of hydrogen-bond acceptors (Lipinski definition) is 5. The lowest BCUT2D eigenvalue weighted by atomic mass is 10.1. The Bertz CT molecular complexity index is 948. The van der Waals surface area contributed by atoms with E-state index in [-0.39, 0.29) is 16.5 Å². The molecule has 0 aliphatic heterocycles. The molecule has 0 aliphatic carbocycles. The fourth-order valence-electron chi connectivity index (χ4n) is 2.54. The number of nitrogens with one attached hydrogen (secondary N) is 1. The molecule has 7 heteroatoms. The molecule has 1 atom stereocenters. The summed E-state index contributed by atoms with van der Waals surface area (Å²) < 4.78 is 5.65. The lowest BCUT2D eigenvalue weighted by molar-refractivity contribution is 0.0701. The molecule has 0 fully saturated rings. The number of benzene rings is 1. The molecule has 0 bridgehead atoms. The number of aromatic carboxylic acids is 1. The molecule has 2 aromatic heterocycles. The number of carbonyl (C=O) groups excluding carboxylic acids is 1. The van der Waals surface area contributed by atoms with Crippen LogP contribution in [-0.2, 0) is 0 Å². The van der Waals surface area contributed by atoms with Gasteiger partial charge in [-0.15, -0.1) is 11.3 Å². The second-order valence-corrected chi connectivity index (χ2v) is 7.08. The highest BCUT2D eigenvalue weighted by Gasteiger charge is 2.21. The van der Waals surface area contributed by atoms with Gasteiger partial charge in [-0.25, -0.2) is 9.78 Å². The Kier molecular flexibility index (Phi) is 4.34. The molecule has 0 saturated carbocycles. The molecule has 3 aromatic rings. The second-order valence-electron chi connectivity index (χ2n) is 6.05. The summed E-state index contributed by atoms with van der Waals surface area (Å²) >= 11 is 1.07. The maximum Gasteiger partial charge on any atom is 0.347 e. The van der Waals surface area contributed by atoms with Crippen LogP contribution < -0.4 is 5.32 Å². The largest absolute Gasteiger partial charge is 0.477 e. The van der Waals surface area contributed by atoms with Crippen molar-refractivity contribution in [3.05, 3.63) is 50.7 Å². The van der Waals surface area contributed by atoms with E-state index in [1.54, 1.807) is 19.9 Å². The molecule has 2 heterocycles. The molecule has 1 unspecified atom stereocenters. The Hall–Kier alpha value is -2.67. The Morgan fingerprint density at radius 2 is 1.88 bits per heavy atom. The van der Waals surface area contributed by atoms with Crippen molar-refractivity contribution in [1.82, 2.24) is 10.3 Å². The number of thiazole rings is 1. The number of carbonyl (C=O) groups is 2. The molecule has 0 radical (unpaired) electrons. The number of aromatic nitrogens is 1. The van der Waals surface area contributed by atoms with Crippen LogP contribution in [0.4, 0.5) is 0 Å². The lowest BCUT2D eigenvalue weighted by Crippen LogP contribution is -2.26. The summed E-state index contributed by atoms with van der Waals surface area (Å²) in [7, 11) is 0. The maximum absolute atomic E-state index is 12.4. The molecule has 6 nitrogen and oxygen atoms in total. The van der Waals surface area contributed by atoms with Crippen LogP contribution in [0, 0.1) is 20.8 Å². The third kappa shape index (κ3) is 3.28. The first-order valence-electron chi connectivity index (χ1n) is 7.78. The second kappa shape index (κ2) is 6.33. The van der Waals surface area contributed by atoms with Gasteiger partial charge in [-0.1, -0.05) is 0 Å². The number of nitrogens with zero attached hydrogens (tertiary/aromatic N) is 1. The van der Waals surface area contributed by atoms with Crippen molar-refractivity contribution in [2.45, 2.75) is 33.7 Å². The van der Waals surface area contributed by atoms with Gasteiger partial charge in [0.1, 0.15) is 15.5 Å². The van der Waals surface area contributed by atoms with Crippen molar-refractivity contribution >= 4 is 34.2 Å². The van der Waals surface area contributed by atoms with Crippen LogP contribution in [0.3, 0.4) is 0 Å². The Morgan fingerprint density at radius 1 is 1.20 bits per heavy atom. The summed E-state index contributed by atoms with van der Waals surface area (Å²) in [5.41, 5.74) is 3.34. The number of hydrogen-bond donors (Lipinski definition) is 2. The monoisotopic (exact) mass is 358 g/mol. The average Bonchev–Trinajstić information content (AvgIpc) is 3.11. The van der Waals surface area contributed by atoms with E-state index in [1.807, 2.05) is 26.0 Å². The van der Waals surface area contributed by atoms with Crippen LogP contribution in [0.25, 0.3) is 11.0 Å². The van der Waals surface area contributed by atoms with Crippen LogP contribution in [0.15, 0.2) is 22.6 Å². The molecule has 1 aromatic carbocycles. The first kappa shape index (κ1) is 17.2. The topological polar surface area (TPSA) is 92.4 Å². The van der Waals surface area contributed by atoms with Crippen LogP contribution in [0.1, 0.15) is 55.0 Å². The summed E-state index contributed by atoms with van der Waals surface area (Å²) in [6.07, 6.45) is 0. The SMILES string of the molecule is Cc1cc2cc(C(=O)NC(C)c3nc(C)c(C(=O)O)s3)oc2cc1C. The molecule has 0 saturated heterocycles. The number of aryl methyl sites for hydroxylation is 3. The molecule has 0 spiro atoms. The van der Waals surface area contributed by atoms with Gasteiger partial charge in [0.05, 0.1) is 11.7 Å². The van der Waals surface area contributed by atoms with Crippen molar-refractivity contribution in [3.63, 3.8) is 0 Å². The van der Waals surface area contributed by atoms with Crippen molar-refractivity contribution in [2.24, 2.45) is 0 Å². The van der Waals surface area contributed by atoms with E-state index >= 15 is 0 Å². The molecule has 25 heavy (non-hydrogen) atoms. The Labute approximate surface area is 148 Å². The van der Waals surface area contributed by atoms with Crippen LogP contribution >= 0.6 is 11.3 Å². The highest BCUT2D eigenvalue weighted by atomic mass is 32.1. The first-order valence-corrected chi connectivity index (χ1v) is 8.60. The summed E-state index contributed by atoms with van der Waals surface area (Å²) in [6.45, 7) is 7.40. The standard InChI is InChI=1S/C18H18N2O4S/c1-8-5-12-7-14(24-13(12)6-9(8)2)16(21)19-11(4)17-20-10(3)15(25-17)18(22)23/h5-7,11H,1-4H3,(H,19,21)(H,22,23). The van der Waals surface area contributed by atoms with Gasteiger partial charge in [-0.05, 0) is 57.0 Å². The number of furan rings is 1. The highest BCUT2D eigenvalue weighted by molar-refractivity contribution is 7.13. The van der Waals surface area contributed by atoms with Crippen molar-refractivity contribution < 1.29 is 19.1 Å². The fraction of sp³-hybridized carbons (Fsp3) is 0.278. The Balaban J connectivity index is 1.82. The summed E-state index contributed by atoms with van der Waals surface area (Å²) in [5.74, 6) is -1.15. The minimum absolute atomic E-state index is 0.186. The zero-order valence-corrected chi connectivity index (χ0v) is 15.2. The van der Waals surface area contributed by atoms with E-state index in [1.165, 1.54) is 0 Å². The smallest absolute Gasteiger partial charge is 0.347 e. The third-order valence-electron chi connectivity index (χ3n) is 4.08. The minimum Gasteiger partial charge on any atom is -0.477 e. The fourth-order valence-corrected chi connectivity index (χ4v) is 3.45. The normalized spacial score (nSPS) is 12.3. The van der Waals surface area contributed by atoms with Gasteiger partial charge < -0.3 is 14.8 Å². The van der Waals surface area contributed by atoms with Gasteiger partial charge >= 0.3 is 5.97 Å². The van der Waals surface area contributed by atoms with E-state index in [4.69, 9.17) is 9.52 Å². The van der Waals surface area contributed by atoms with Gasteiger partial charge in [0.15, 0.2) is 5.76 Å². The average molecular weight is 358 g/mol. The summed E-state index contributed by atoms with van der Waals surface area (Å²) in [5, 5.41) is 13.3. The van der Waals surface area contributed by atoms with Crippen LogP contribution in [0.2, 0.25) is 0 Å². The van der Waals surface area contributed by atoms with E-state index in [0.29, 0.717) is 16.3 Å². The van der Waals surface area contributed by atoms with Gasteiger partial charge in [0.2, 0.25) is 0 Å². The highest BCUT2D eigenvalue weighted by Crippen LogP contribution is 2.26.